The van der Waals surface area contributed by atoms with Crippen LogP contribution in [0.5, 0.6) is 0 Å². The summed E-state index contributed by atoms with van der Waals surface area (Å²) in [6.07, 6.45) is 0.354. The minimum atomic E-state index is -0.516. The van der Waals surface area contributed by atoms with Gasteiger partial charge in [0.15, 0.2) is 0 Å². The molecule has 0 aliphatic heterocycles. The van der Waals surface area contributed by atoms with Crippen LogP contribution in [-0.4, -0.2) is 30.4 Å². The number of likely N-dealkylation sites (N-methyl/N-ethyl adjacent to an activating group) is 1. The van der Waals surface area contributed by atoms with Gasteiger partial charge in [0.05, 0.1) is 24.7 Å². The molecule has 19 heavy (non-hydrogen) atoms. The highest BCUT2D eigenvalue weighted by atomic mass is 19.1. The highest BCUT2D eigenvalue weighted by Crippen LogP contribution is 2.16. The molecule has 0 bridgehead atoms. The van der Waals surface area contributed by atoms with Gasteiger partial charge in [-0.3, -0.25) is 9.69 Å². The van der Waals surface area contributed by atoms with Crippen molar-refractivity contribution in [3.8, 4) is 6.07 Å². The Morgan fingerprint density at radius 1 is 1.63 bits per heavy atom. The maximum atomic E-state index is 13.0. The summed E-state index contributed by atoms with van der Waals surface area (Å²) in [6, 6.07) is 6.06. The molecule has 1 aromatic rings. The van der Waals surface area contributed by atoms with Crippen molar-refractivity contribution in [3.63, 3.8) is 0 Å². The standard InChI is InChI=1S/C13H17FN4O/c1-9(5-6-15)18(2)8-13(19)17-10-3-4-11(14)12(16)7-10/h3-4,7,9H,5,8,16H2,1-2H3,(H,17,19). The number of hydrogen-bond donors (Lipinski definition) is 2. The molecule has 0 fully saturated rings. The summed E-state index contributed by atoms with van der Waals surface area (Å²) in [6.45, 7) is 2.02. The number of carbonyl (C=O) groups excluding carboxylic acids is 1. The van der Waals surface area contributed by atoms with E-state index in [4.69, 9.17) is 11.0 Å². The van der Waals surface area contributed by atoms with Crippen LogP contribution >= 0.6 is 0 Å². The summed E-state index contributed by atoms with van der Waals surface area (Å²) in [4.78, 5) is 13.5. The lowest BCUT2D eigenvalue weighted by molar-refractivity contribution is -0.117. The summed E-state index contributed by atoms with van der Waals surface area (Å²) in [5.41, 5.74) is 5.85. The third kappa shape index (κ3) is 4.56. The lowest BCUT2D eigenvalue weighted by Gasteiger charge is -2.21. The molecule has 1 aromatic carbocycles. The molecule has 0 heterocycles. The average Bonchev–Trinajstić information content (AvgIpc) is 2.34. The van der Waals surface area contributed by atoms with E-state index >= 15 is 0 Å². The van der Waals surface area contributed by atoms with Crippen molar-refractivity contribution in [2.75, 3.05) is 24.6 Å². The highest BCUT2D eigenvalue weighted by Gasteiger charge is 2.13. The van der Waals surface area contributed by atoms with Crippen molar-refractivity contribution in [2.24, 2.45) is 0 Å². The van der Waals surface area contributed by atoms with E-state index in [0.717, 1.165) is 0 Å². The number of amides is 1. The quantitative estimate of drug-likeness (QED) is 0.791. The number of nitrogen functional groups attached to an aromatic ring is 1. The number of nitrogens with zero attached hydrogens (tertiary/aromatic N) is 2. The minimum absolute atomic E-state index is 0.00552. The Morgan fingerprint density at radius 3 is 2.89 bits per heavy atom. The van der Waals surface area contributed by atoms with Gasteiger partial charge in [-0.1, -0.05) is 0 Å². The summed E-state index contributed by atoms with van der Waals surface area (Å²) >= 11 is 0. The fourth-order valence-electron chi connectivity index (χ4n) is 1.49. The fourth-order valence-corrected chi connectivity index (χ4v) is 1.49. The zero-order valence-corrected chi connectivity index (χ0v) is 11.0. The molecule has 3 N–H and O–H groups in total. The molecule has 0 saturated heterocycles. The Balaban J connectivity index is 2.55. The topological polar surface area (TPSA) is 82.2 Å². The van der Waals surface area contributed by atoms with E-state index < -0.39 is 5.82 Å². The molecule has 1 unspecified atom stereocenters. The number of anilines is 2. The molecule has 1 atom stereocenters. The molecule has 0 saturated carbocycles. The molecule has 0 aromatic heterocycles. The van der Waals surface area contributed by atoms with Crippen molar-refractivity contribution in [1.29, 1.82) is 5.26 Å². The van der Waals surface area contributed by atoms with Gasteiger partial charge in [-0.25, -0.2) is 4.39 Å². The van der Waals surface area contributed by atoms with Crippen LogP contribution in [0.1, 0.15) is 13.3 Å². The summed E-state index contributed by atoms with van der Waals surface area (Å²) in [7, 11) is 1.76. The molecule has 102 valence electrons. The van der Waals surface area contributed by atoms with E-state index in [0.29, 0.717) is 12.1 Å². The third-order valence-corrected chi connectivity index (χ3v) is 2.81. The Hall–Kier alpha value is -2.13. The van der Waals surface area contributed by atoms with Gasteiger partial charge in [0.25, 0.3) is 0 Å². The lowest BCUT2D eigenvalue weighted by atomic mass is 10.2. The fraction of sp³-hybridized carbons (Fsp3) is 0.385. The van der Waals surface area contributed by atoms with Gasteiger partial charge in [-0.2, -0.15) is 5.26 Å². The highest BCUT2D eigenvalue weighted by molar-refractivity contribution is 5.92. The molecule has 0 aliphatic rings. The first-order chi connectivity index (χ1) is 8.93. The zero-order chi connectivity index (χ0) is 14.4. The van der Waals surface area contributed by atoms with Crippen LogP contribution in [0, 0.1) is 17.1 Å². The van der Waals surface area contributed by atoms with E-state index in [-0.39, 0.29) is 24.2 Å². The Bertz CT molecular complexity index is 498. The molecular formula is C13H17FN4O. The van der Waals surface area contributed by atoms with Crippen molar-refractivity contribution in [2.45, 2.75) is 19.4 Å². The number of nitriles is 1. The van der Waals surface area contributed by atoms with Crippen molar-refractivity contribution in [3.05, 3.63) is 24.0 Å². The molecule has 0 aliphatic carbocycles. The van der Waals surface area contributed by atoms with Crippen LogP contribution in [0.25, 0.3) is 0 Å². The lowest BCUT2D eigenvalue weighted by Crippen LogP contribution is -2.36. The molecule has 6 heteroatoms. The molecule has 1 amide bonds. The largest absolute Gasteiger partial charge is 0.396 e. The third-order valence-electron chi connectivity index (χ3n) is 2.81. The zero-order valence-electron chi connectivity index (χ0n) is 11.0. The van der Waals surface area contributed by atoms with Gasteiger partial charge < -0.3 is 11.1 Å². The maximum absolute atomic E-state index is 13.0. The predicted octanol–water partition coefficient (Wildman–Crippen LogP) is 1.58. The first-order valence-corrected chi connectivity index (χ1v) is 5.86. The second-order valence-electron chi connectivity index (χ2n) is 4.41. The SMILES string of the molecule is CC(CC#N)N(C)CC(=O)Nc1ccc(F)c(N)c1. The first kappa shape index (κ1) is 14.9. The molecular weight excluding hydrogens is 247 g/mol. The van der Waals surface area contributed by atoms with E-state index in [1.54, 1.807) is 11.9 Å². The van der Waals surface area contributed by atoms with Gasteiger partial charge in [0.2, 0.25) is 5.91 Å². The second kappa shape index (κ2) is 6.71. The number of rotatable bonds is 5. The van der Waals surface area contributed by atoms with Gasteiger partial charge >= 0.3 is 0 Å². The van der Waals surface area contributed by atoms with Crippen LogP contribution in [0.15, 0.2) is 18.2 Å². The molecule has 1 rings (SSSR count). The van der Waals surface area contributed by atoms with E-state index in [1.165, 1.54) is 18.2 Å². The minimum Gasteiger partial charge on any atom is -0.396 e. The van der Waals surface area contributed by atoms with E-state index in [1.807, 2.05) is 6.92 Å². The van der Waals surface area contributed by atoms with Gasteiger partial charge in [0.1, 0.15) is 5.82 Å². The summed E-state index contributed by atoms with van der Waals surface area (Å²) < 4.78 is 13.0. The Labute approximate surface area is 111 Å². The average molecular weight is 264 g/mol. The van der Waals surface area contributed by atoms with Gasteiger partial charge in [-0.05, 0) is 32.2 Å². The normalized spacial score (nSPS) is 11.9. The molecule has 0 radical (unpaired) electrons. The first-order valence-electron chi connectivity index (χ1n) is 5.86. The Morgan fingerprint density at radius 2 is 2.32 bits per heavy atom. The van der Waals surface area contributed by atoms with Crippen molar-refractivity contribution in [1.82, 2.24) is 4.90 Å². The van der Waals surface area contributed by atoms with Gasteiger partial charge in [-0.15, -0.1) is 0 Å². The number of halogens is 1. The predicted molar refractivity (Wildman–Crippen MR) is 71.8 cm³/mol. The number of hydrogen-bond acceptors (Lipinski definition) is 4. The number of benzene rings is 1. The van der Waals surface area contributed by atoms with Crippen LogP contribution in [-0.2, 0) is 4.79 Å². The molecule has 0 spiro atoms. The van der Waals surface area contributed by atoms with E-state index in [9.17, 15) is 9.18 Å². The second-order valence-corrected chi connectivity index (χ2v) is 4.41. The van der Waals surface area contributed by atoms with E-state index in [2.05, 4.69) is 11.4 Å². The van der Waals surface area contributed by atoms with Crippen molar-refractivity contribution < 1.29 is 9.18 Å². The van der Waals surface area contributed by atoms with Crippen LogP contribution in [0.3, 0.4) is 0 Å². The van der Waals surface area contributed by atoms with Crippen LogP contribution < -0.4 is 11.1 Å². The number of nitrogens with two attached hydrogens (primary N) is 1. The van der Waals surface area contributed by atoms with Gasteiger partial charge in [0, 0.05) is 11.7 Å². The number of nitrogens with one attached hydrogen (secondary N) is 1. The summed E-state index contributed by atoms with van der Waals surface area (Å²) in [5, 5.41) is 11.2. The number of carbonyl (C=O) groups is 1. The van der Waals surface area contributed by atoms with Crippen molar-refractivity contribution >= 4 is 17.3 Å². The van der Waals surface area contributed by atoms with Crippen LogP contribution in [0.4, 0.5) is 15.8 Å². The monoisotopic (exact) mass is 264 g/mol. The Kier molecular flexibility index (Phi) is 5.27. The smallest absolute Gasteiger partial charge is 0.238 e. The molecule has 5 nitrogen and oxygen atoms in total. The summed E-state index contributed by atoms with van der Waals surface area (Å²) in [5.74, 6) is -0.754. The van der Waals surface area contributed by atoms with Crippen LogP contribution in [0.2, 0.25) is 0 Å². The maximum Gasteiger partial charge on any atom is 0.238 e.